The van der Waals surface area contributed by atoms with Crippen molar-refractivity contribution in [2.75, 3.05) is 0 Å². The van der Waals surface area contributed by atoms with Gasteiger partial charge < -0.3 is 0 Å². The molecule has 0 aliphatic heterocycles. The summed E-state index contributed by atoms with van der Waals surface area (Å²) in [6, 6.07) is 0. The van der Waals surface area contributed by atoms with Crippen LogP contribution in [0.2, 0.25) is 0 Å². The topological polar surface area (TPSA) is 12.4 Å². The van der Waals surface area contributed by atoms with Crippen molar-refractivity contribution in [1.29, 1.82) is 0 Å². The van der Waals surface area contributed by atoms with Gasteiger partial charge in [-0.15, -0.1) is 0 Å². The van der Waals surface area contributed by atoms with Crippen molar-refractivity contribution >= 4 is 6.21 Å². The summed E-state index contributed by atoms with van der Waals surface area (Å²) in [5, 5.41) is 0. The predicted molar refractivity (Wildman–Crippen MR) is 49.5 cm³/mol. The van der Waals surface area contributed by atoms with Crippen LogP contribution >= 0.6 is 0 Å². The van der Waals surface area contributed by atoms with Crippen LogP contribution in [-0.2, 0) is 0 Å². The standard InChI is InChI=1S/C7H11N.C2H6/c1-3-5-7-8-6-4-2;1-2/h3,5-7H,1,4H2,2H3;1-2H3/b7-5-,8-6?;. The molecule has 0 N–H and O–H groups in total. The van der Waals surface area contributed by atoms with Crippen LogP contribution in [0, 0.1) is 0 Å². The molecular weight excluding hydrogens is 122 g/mol. The molecule has 0 radical (unpaired) electrons. The molecule has 0 aromatic heterocycles. The summed E-state index contributed by atoms with van der Waals surface area (Å²) >= 11 is 0. The van der Waals surface area contributed by atoms with E-state index in [0.717, 1.165) is 6.42 Å². The summed E-state index contributed by atoms with van der Waals surface area (Å²) < 4.78 is 0. The SMILES string of the molecule is C=C/C=C\N=CCC.CC. The third-order valence-electron chi connectivity index (χ3n) is 0.596. The molecule has 10 heavy (non-hydrogen) atoms. The lowest BCUT2D eigenvalue weighted by molar-refractivity contribution is 1.31. The van der Waals surface area contributed by atoms with Crippen LogP contribution in [0.5, 0.6) is 0 Å². The van der Waals surface area contributed by atoms with Gasteiger partial charge in [0.1, 0.15) is 0 Å². The minimum Gasteiger partial charge on any atom is -0.269 e. The van der Waals surface area contributed by atoms with E-state index in [1.165, 1.54) is 0 Å². The zero-order chi connectivity index (χ0) is 8.24. The molecule has 1 nitrogen and oxygen atoms in total. The van der Waals surface area contributed by atoms with Crippen molar-refractivity contribution in [1.82, 2.24) is 0 Å². The second kappa shape index (κ2) is 15.7. The summed E-state index contributed by atoms with van der Waals surface area (Å²) in [5.74, 6) is 0. The molecule has 0 saturated carbocycles. The number of hydrogen-bond acceptors (Lipinski definition) is 1. The molecule has 0 fully saturated rings. The lowest BCUT2D eigenvalue weighted by Crippen LogP contribution is -1.61. The molecule has 58 valence electrons. The molecule has 0 spiro atoms. The lowest BCUT2D eigenvalue weighted by Gasteiger charge is -1.72. The van der Waals surface area contributed by atoms with E-state index in [9.17, 15) is 0 Å². The zero-order valence-corrected chi connectivity index (χ0v) is 7.17. The molecule has 0 heterocycles. The molecule has 0 unspecified atom stereocenters. The van der Waals surface area contributed by atoms with Crippen LogP contribution in [-0.4, -0.2) is 6.21 Å². The quantitative estimate of drug-likeness (QED) is 0.420. The van der Waals surface area contributed by atoms with E-state index in [2.05, 4.69) is 11.6 Å². The fourth-order valence-corrected chi connectivity index (χ4v) is 0.277. The van der Waals surface area contributed by atoms with Crippen LogP contribution in [0.25, 0.3) is 0 Å². The lowest BCUT2D eigenvalue weighted by atomic mass is 10.5. The van der Waals surface area contributed by atoms with Gasteiger partial charge in [-0.3, -0.25) is 4.99 Å². The highest BCUT2D eigenvalue weighted by Crippen LogP contribution is 1.74. The van der Waals surface area contributed by atoms with E-state index in [-0.39, 0.29) is 0 Å². The molecule has 0 aromatic rings. The van der Waals surface area contributed by atoms with E-state index in [4.69, 9.17) is 0 Å². The molecular formula is C9H17N. The fraction of sp³-hybridized carbons (Fsp3) is 0.444. The largest absolute Gasteiger partial charge is 0.269 e. The first-order valence-corrected chi connectivity index (χ1v) is 3.71. The van der Waals surface area contributed by atoms with Crippen LogP contribution < -0.4 is 0 Å². The van der Waals surface area contributed by atoms with Crippen molar-refractivity contribution in [3.8, 4) is 0 Å². The Morgan fingerprint density at radius 2 is 2.00 bits per heavy atom. The maximum atomic E-state index is 3.90. The second-order valence-electron chi connectivity index (χ2n) is 1.32. The van der Waals surface area contributed by atoms with Gasteiger partial charge in [-0.05, 0) is 12.5 Å². The summed E-state index contributed by atoms with van der Waals surface area (Å²) in [5.41, 5.74) is 0. The molecule has 0 atom stereocenters. The number of hydrogen-bond donors (Lipinski definition) is 0. The average molecular weight is 139 g/mol. The minimum absolute atomic E-state index is 0.988. The van der Waals surface area contributed by atoms with E-state index in [0.29, 0.717) is 0 Å². The monoisotopic (exact) mass is 139 g/mol. The molecule has 0 amide bonds. The zero-order valence-electron chi connectivity index (χ0n) is 7.17. The molecule has 0 bridgehead atoms. The van der Waals surface area contributed by atoms with Crippen LogP contribution in [0.3, 0.4) is 0 Å². The molecule has 0 aliphatic rings. The maximum Gasteiger partial charge on any atom is 0.0263 e. The van der Waals surface area contributed by atoms with E-state index in [1.807, 2.05) is 27.0 Å². The fourth-order valence-electron chi connectivity index (χ4n) is 0.277. The first kappa shape index (κ1) is 11.9. The van der Waals surface area contributed by atoms with Gasteiger partial charge in [-0.2, -0.15) is 0 Å². The van der Waals surface area contributed by atoms with E-state index in [1.54, 1.807) is 18.4 Å². The third-order valence-corrected chi connectivity index (χ3v) is 0.596. The number of aliphatic imine (C=N–C) groups is 1. The first-order valence-electron chi connectivity index (χ1n) is 3.71. The normalized spacial score (nSPS) is 9.50. The Labute approximate surface area is 64.2 Å². The van der Waals surface area contributed by atoms with Crippen LogP contribution in [0.15, 0.2) is 29.9 Å². The molecule has 0 rings (SSSR count). The molecule has 1 heteroatoms. The van der Waals surface area contributed by atoms with Crippen LogP contribution in [0.1, 0.15) is 27.2 Å². The van der Waals surface area contributed by atoms with Gasteiger partial charge in [0.15, 0.2) is 0 Å². The molecule has 0 saturated heterocycles. The maximum absolute atomic E-state index is 3.90. The summed E-state index contributed by atoms with van der Waals surface area (Å²) in [4.78, 5) is 3.90. The van der Waals surface area contributed by atoms with Crippen LogP contribution in [0.4, 0.5) is 0 Å². The van der Waals surface area contributed by atoms with Gasteiger partial charge in [0, 0.05) is 12.4 Å². The summed E-state index contributed by atoms with van der Waals surface area (Å²) in [6.45, 7) is 9.54. The average Bonchev–Trinajstić information content (AvgIpc) is 2.02. The van der Waals surface area contributed by atoms with Gasteiger partial charge in [-0.25, -0.2) is 0 Å². The Morgan fingerprint density at radius 3 is 2.40 bits per heavy atom. The van der Waals surface area contributed by atoms with Gasteiger partial charge in [0.25, 0.3) is 0 Å². The Hall–Kier alpha value is -0.850. The van der Waals surface area contributed by atoms with Crippen molar-refractivity contribution in [3.63, 3.8) is 0 Å². The molecule has 0 aliphatic carbocycles. The van der Waals surface area contributed by atoms with Crippen molar-refractivity contribution in [2.45, 2.75) is 27.2 Å². The second-order valence-corrected chi connectivity index (χ2v) is 1.32. The first-order chi connectivity index (χ1) is 4.91. The smallest absolute Gasteiger partial charge is 0.0263 e. The Kier molecular flexibility index (Phi) is 18.7. The summed E-state index contributed by atoms with van der Waals surface area (Å²) in [7, 11) is 0. The molecule has 0 aromatic carbocycles. The number of nitrogens with zero attached hydrogens (tertiary/aromatic N) is 1. The van der Waals surface area contributed by atoms with Gasteiger partial charge in [0.05, 0.1) is 0 Å². The minimum atomic E-state index is 0.988. The number of rotatable bonds is 3. The van der Waals surface area contributed by atoms with Crippen molar-refractivity contribution < 1.29 is 0 Å². The Balaban J connectivity index is 0. The van der Waals surface area contributed by atoms with E-state index < -0.39 is 0 Å². The third kappa shape index (κ3) is 15.7. The van der Waals surface area contributed by atoms with Gasteiger partial charge in [0.2, 0.25) is 0 Å². The highest BCUT2D eigenvalue weighted by molar-refractivity contribution is 5.57. The highest BCUT2D eigenvalue weighted by atomic mass is 14.7. The van der Waals surface area contributed by atoms with Gasteiger partial charge in [-0.1, -0.05) is 33.4 Å². The van der Waals surface area contributed by atoms with E-state index >= 15 is 0 Å². The highest BCUT2D eigenvalue weighted by Gasteiger charge is 1.59. The summed E-state index contributed by atoms with van der Waals surface area (Å²) in [6.07, 6.45) is 8.05. The Morgan fingerprint density at radius 1 is 1.40 bits per heavy atom. The number of allylic oxidation sites excluding steroid dienone is 2. The van der Waals surface area contributed by atoms with Gasteiger partial charge >= 0.3 is 0 Å². The Bertz CT molecular complexity index is 101. The predicted octanol–water partition coefficient (Wildman–Crippen LogP) is 3.19. The van der Waals surface area contributed by atoms with Crippen molar-refractivity contribution in [3.05, 3.63) is 24.9 Å². The van der Waals surface area contributed by atoms with Crippen molar-refractivity contribution in [2.24, 2.45) is 4.99 Å².